The van der Waals surface area contributed by atoms with Crippen molar-refractivity contribution in [3.8, 4) is 0 Å². The predicted molar refractivity (Wildman–Crippen MR) is 72.2 cm³/mol. The molecule has 0 fully saturated rings. The van der Waals surface area contributed by atoms with Crippen molar-refractivity contribution in [3.63, 3.8) is 0 Å². The Labute approximate surface area is 107 Å². The fourth-order valence-corrected chi connectivity index (χ4v) is 1.70. The number of carbonyl (C=O) groups is 1. The highest BCUT2D eigenvalue weighted by atomic mass is 35.5. The summed E-state index contributed by atoms with van der Waals surface area (Å²) in [6, 6.07) is 5.31. The Morgan fingerprint density at radius 1 is 1.47 bits per heavy atom. The number of hydrogen-bond acceptors (Lipinski definition) is 3. The largest absolute Gasteiger partial charge is 0.397 e. The second-order valence-corrected chi connectivity index (χ2v) is 4.93. The third-order valence-electron chi connectivity index (χ3n) is 2.59. The molecule has 1 amide bonds. The number of para-hydroxylation sites is 1. The zero-order valence-corrected chi connectivity index (χ0v) is 11.1. The first-order valence-electron chi connectivity index (χ1n) is 5.38. The van der Waals surface area contributed by atoms with E-state index in [4.69, 9.17) is 17.3 Å². The Hall–Kier alpha value is -1.42. The van der Waals surface area contributed by atoms with Crippen LogP contribution in [0.5, 0.6) is 0 Å². The van der Waals surface area contributed by atoms with Crippen LogP contribution in [-0.2, 0) is 4.79 Å². The fraction of sp³-hybridized carbons (Fsp3) is 0.417. The lowest BCUT2D eigenvalue weighted by Gasteiger charge is -2.24. The molecule has 4 nitrogen and oxygen atoms in total. The number of anilines is 2. The molecular formula is C12H18ClN3O. The average Bonchev–Trinajstić information content (AvgIpc) is 2.27. The quantitative estimate of drug-likeness (QED) is 0.722. The number of carbonyl (C=O) groups excluding carboxylic acids is 1. The van der Waals surface area contributed by atoms with Gasteiger partial charge in [0.2, 0.25) is 5.91 Å². The Morgan fingerprint density at radius 3 is 2.65 bits per heavy atom. The molecule has 0 aliphatic carbocycles. The predicted octanol–water partition coefficient (Wildman–Crippen LogP) is 2.11. The minimum atomic E-state index is -0.527. The molecule has 1 aromatic carbocycles. The summed E-state index contributed by atoms with van der Waals surface area (Å²) < 4.78 is 0. The molecular weight excluding hydrogens is 238 g/mol. The van der Waals surface area contributed by atoms with E-state index in [1.54, 1.807) is 25.2 Å². The second kappa shape index (κ2) is 5.27. The molecule has 1 rings (SSSR count). The van der Waals surface area contributed by atoms with E-state index < -0.39 is 5.41 Å². The van der Waals surface area contributed by atoms with E-state index in [1.807, 2.05) is 13.8 Å². The van der Waals surface area contributed by atoms with Gasteiger partial charge in [0.05, 0.1) is 21.8 Å². The third-order valence-corrected chi connectivity index (χ3v) is 2.91. The molecule has 1 aromatic rings. The van der Waals surface area contributed by atoms with Gasteiger partial charge < -0.3 is 16.4 Å². The Balaban J connectivity index is 2.77. The maximum atomic E-state index is 11.6. The first-order valence-corrected chi connectivity index (χ1v) is 5.76. The number of nitrogens with one attached hydrogen (secondary N) is 2. The first-order chi connectivity index (χ1) is 7.88. The van der Waals surface area contributed by atoms with E-state index in [9.17, 15) is 4.79 Å². The van der Waals surface area contributed by atoms with E-state index in [2.05, 4.69) is 10.6 Å². The number of nitrogens with two attached hydrogens (primary N) is 1. The standard InChI is InChI=1S/C12H18ClN3O/c1-12(2,11(17)15-3)7-16-10-8(13)5-4-6-9(10)14/h4-6,16H,7,14H2,1-3H3,(H,15,17). The Bertz CT molecular complexity index is 398. The van der Waals surface area contributed by atoms with E-state index in [-0.39, 0.29) is 5.91 Å². The minimum absolute atomic E-state index is 0.0318. The zero-order chi connectivity index (χ0) is 13.1. The highest BCUT2D eigenvalue weighted by molar-refractivity contribution is 6.33. The van der Waals surface area contributed by atoms with Crippen molar-refractivity contribution in [2.24, 2.45) is 5.41 Å². The van der Waals surface area contributed by atoms with Gasteiger partial charge in [-0.25, -0.2) is 0 Å². The summed E-state index contributed by atoms with van der Waals surface area (Å²) in [6.07, 6.45) is 0. The van der Waals surface area contributed by atoms with Crippen LogP contribution in [0.2, 0.25) is 5.02 Å². The lowest BCUT2D eigenvalue weighted by Crippen LogP contribution is -2.39. The summed E-state index contributed by atoms with van der Waals surface area (Å²) in [5, 5.41) is 6.30. The molecule has 0 saturated heterocycles. The van der Waals surface area contributed by atoms with Crippen LogP contribution in [0.1, 0.15) is 13.8 Å². The summed E-state index contributed by atoms with van der Waals surface area (Å²) in [4.78, 5) is 11.6. The fourth-order valence-electron chi connectivity index (χ4n) is 1.46. The summed E-state index contributed by atoms with van der Waals surface area (Å²) in [5.41, 5.74) is 6.53. The molecule has 0 aliphatic rings. The van der Waals surface area contributed by atoms with Gasteiger partial charge in [0, 0.05) is 13.6 Å². The summed E-state index contributed by atoms with van der Waals surface area (Å²) in [5.74, 6) is -0.0318. The van der Waals surface area contributed by atoms with Crippen molar-refractivity contribution in [2.45, 2.75) is 13.8 Å². The zero-order valence-electron chi connectivity index (χ0n) is 10.3. The normalized spacial score (nSPS) is 11.1. The summed E-state index contributed by atoms with van der Waals surface area (Å²) in [7, 11) is 1.62. The van der Waals surface area contributed by atoms with Gasteiger partial charge in [-0.05, 0) is 26.0 Å². The molecule has 0 unspecified atom stereocenters. The van der Waals surface area contributed by atoms with Crippen LogP contribution in [0.15, 0.2) is 18.2 Å². The van der Waals surface area contributed by atoms with Gasteiger partial charge in [0.15, 0.2) is 0 Å². The molecule has 4 N–H and O–H groups in total. The molecule has 0 atom stereocenters. The van der Waals surface area contributed by atoms with Crippen LogP contribution in [-0.4, -0.2) is 19.5 Å². The average molecular weight is 256 g/mol. The minimum Gasteiger partial charge on any atom is -0.397 e. The molecule has 0 bridgehead atoms. The number of halogens is 1. The van der Waals surface area contributed by atoms with Gasteiger partial charge >= 0.3 is 0 Å². The van der Waals surface area contributed by atoms with Crippen LogP contribution in [0, 0.1) is 5.41 Å². The number of hydrogen-bond donors (Lipinski definition) is 3. The Kier molecular flexibility index (Phi) is 4.23. The molecule has 0 saturated carbocycles. The maximum absolute atomic E-state index is 11.6. The van der Waals surface area contributed by atoms with Gasteiger partial charge in [-0.2, -0.15) is 0 Å². The van der Waals surface area contributed by atoms with Crippen LogP contribution in [0.25, 0.3) is 0 Å². The molecule has 0 aliphatic heterocycles. The lowest BCUT2D eigenvalue weighted by molar-refractivity contribution is -0.128. The molecule has 5 heteroatoms. The summed E-state index contributed by atoms with van der Waals surface area (Å²) >= 11 is 6.03. The van der Waals surface area contributed by atoms with Gasteiger partial charge in [-0.3, -0.25) is 4.79 Å². The van der Waals surface area contributed by atoms with Crippen LogP contribution < -0.4 is 16.4 Å². The number of benzene rings is 1. The first kappa shape index (κ1) is 13.6. The number of rotatable bonds is 4. The molecule has 0 aromatic heterocycles. The van der Waals surface area contributed by atoms with Gasteiger partial charge in [-0.1, -0.05) is 17.7 Å². The van der Waals surface area contributed by atoms with Crippen molar-refractivity contribution in [1.29, 1.82) is 0 Å². The molecule has 94 valence electrons. The highest BCUT2D eigenvalue weighted by Gasteiger charge is 2.26. The maximum Gasteiger partial charge on any atom is 0.227 e. The monoisotopic (exact) mass is 255 g/mol. The Morgan fingerprint density at radius 2 is 2.12 bits per heavy atom. The molecule has 0 heterocycles. The van der Waals surface area contributed by atoms with Crippen LogP contribution >= 0.6 is 11.6 Å². The molecule has 17 heavy (non-hydrogen) atoms. The van der Waals surface area contributed by atoms with Crippen LogP contribution in [0.4, 0.5) is 11.4 Å². The molecule has 0 spiro atoms. The van der Waals surface area contributed by atoms with Crippen molar-refractivity contribution in [2.75, 3.05) is 24.6 Å². The smallest absolute Gasteiger partial charge is 0.227 e. The van der Waals surface area contributed by atoms with Crippen LogP contribution in [0.3, 0.4) is 0 Å². The van der Waals surface area contributed by atoms with E-state index in [0.29, 0.717) is 22.9 Å². The van der Waals surface area contributed by atoms with Gasteiger partial charge in [0.25, 0.3) is 0 Å². The topological polar surface area (TPSA) is 67.2 Å². The van der Waals surface area contributed by atoms with Crippen molar-refractivity contribution < 1.29 is 4.79 Å². The second-order valence-electron chi connectivity index (χ2n) is 4.52. The summed E-state index contributed by atoms with van der Waals surface area (Å²) in [6.45, 7) is 4.17. The molecule has 0 radical (unpaired) electrons. The number of amides is 1. The SMILES string of the molecule is CNC(=O)C(C)(C)CNc1c(N)cccc1Cl. The van der Waals surface area contributed by atoms with E-state index in [1.165, 1.54) is 0 Å². The van der Waals surface area contributed by atoms with E-state index >= 15 is 0 Å². The lowest BCUT2D eigenvalue weighted by atomic mass is 9.92. The van der Waals surface area contributed by atoms with E-state index in [0.717, 1.165) is 0 Å². The highest BCUT2D eigenvalue weighted by Crippen LogP contribution is 2.29. The third kappa shape index (κ3) is 3.27. The van der Waals surface area contributed by atoms with Crippen molar-refractivity contribution in [1.82, 2.24) is 5.32 Å². The number of nitrogen functional groups attached to an aromatic ring is 1. The van der Waals surface area contributed by atoms with Crippen molar-refractivity contribution in [3.05, 3.63) is 23.2 Å². The van der Waals surface area contributed by atoms with Crippen molar-refractivity contribution >= 4 is 28.9 Å². The van der Waals surface area contributed by atoms with Gasteiger partial charge in [-0.15, -0.1) is 0 Å². The van der Waals surface area contributed by atoms with Gasteiger partial charge in [0.1, 0.15) is 0 Å².